The molecule has 1 atom stereocenters. The molecule has 1 saturated carbocycles. The highest BCUT2D eigenvalue weighted by atomic mass is 35.5. The fourth-order valence-corrected chi connectivity index (χ4v) is 3.51. The zero-order valence-electron chi connectivity index (χ0n) is 15.8. The van der Waals surface area contributed by atoms with E-state index in [4.69, 9.17) is 11.6 Å². The van der Waals surface area contributed by atoms with Gasteiger partial charge in [0.15, 0.2) is 5.65 Å². The van der Waals surface area contributed by atoms with Gasteiger partial charge in [0.05, 0.1) is 11.9 Å². The Morgan fingerprint density at radius 3 is 2.87 bits per heavy atom. The summed E-state index contributed by atoms with van der Waals surface area (Å²) in [7, 11) is 0. The van der Waals surface area contributed by atoms with E-state index in [1.807, 2.05) is 6.07 Å². The lowest BCUT2D eigenvalue weighted by molar-refractivity contribution is -0.117. The van der Waals surface area contributed by atoms with E-state index < -0.39 is 6.23 Å². The van der Waals surface area contributed by atoms with E-state index >= 15 is 0 Å². The number of carbonyl (C=O) groups is 1. The summed E-state index contributed by atoms with van der Waals surface area (Å²) in [6.45, 7) is 0. The third-order valence-electron chi connectivity index (χ3n) is 4.98. The average molecular weight is 427 g/mol. The summed E-state index contributed by atoms with van der Waals surface area (Å²) >= 11 is 6.05. The molecule has 0 bridgehead atoms. The zero-order chi connectivity index (χ0) is 20.8. The maximum absolute atomic E-state index is 12.0. The topological polar surface area (TPSA) is 124 Å². The van der Waals surface area contributed by atoms with Gasteiger partial charge in [-0.1, -0.05) is 11.6 Å². The van der Waals surface area contributed by atoms with Crippen LogP contribution in [0.3, 0.4) is 0 Å². The van der Waals surface area contributed by atoms with Crippen molar-refractivity contribution in [3.8, 4) is 5.75 Å². The highest BCUT2D eigenvalue weighted by Crippen LogP contribution is 2.32. The minimum atomic E-state index is -0.881. The highest BCUT2D eigenvalue weighted by molar-refractivity contribution is 6.31. The molecule has 1 aliphatic heterocycles. The molecule has 9 nitrogen and oxygen atoms in total. The number of benzene rings is 1. The fraction of sp³-hybridized carbons (Fsp3) is 0.250. The maximum atomic E-state index is 12.0. The molecule has 5 rings (SSSR count). The van der Waals surface area contributed by atoms with E-state index in [0.29, 0.717) is 39.4 Å². The molecule has 1 unspecified atom stereocenters. The van der Waals surface area contributed by atoms with Gasteiger partial charge in [0, 0.05) is 34.7 Å². The number of aromatic hydroxyl groups is 1. The van der Waals surface area contributed by atoms with E-state index in [2.05, 4.69) is 26.0 Å². The van der Waals surface area contributed by atoms with Crippen molar-refractivity contribution in [3.63, 3.8) is 0 Å². The summed E-state index contributed by atoms with van der Waals surface area (Å²) in [6, 6.07) is 6.90. The lowest BCUT2D eigenvalue weighted by Gasteiger charge is -2.12. The van der Waals surface area contributed by atoms with Crippen LogP contribution in [0, 0.1) is 0 Å². The third kappa shape index (κ3) is 3.64. The number of aliphatic hydroxyl groups is 1. The predicted octanol–water partition coefficient (Wildman–Crippen LogP) is 2.63. The van der Waals surface area contributed by atoms with Gasteiger partial charge in [-0.15, -0.1) is 0 Å². The Labute approximate surface area is 176 Å². The predicted molar refractivity (Wildman–Crippen MR) is 113 cm³/mol. The number of hydrogen-bond acceptors (Lipinski definition) is 7. The molecular weight excluding hydrogens is 408 g/mol. The molecular formula is C20H19ClN6O3. The first kappa shape index (κ1) is 18.7. The Hall–Kier alpha value is -3.30. The van der Waals surface area contributed by atoms with Crippen LogP contribution in [0.15, 0.2) is 36.0 Å². The van der Waals surface area contributed by atoms with Crippen LogP contribution in [0.5, 0.6) is 5.75 Å². The molecule has 1 amide bonds. The van der Waals surface area contributed by atoms with Crippen LogP contribution in [0.4, 0.5) is 17.3 Å². The van der Waals surface area contributed by atoms with Gasteiger partial charge >= 0.3 is 0 Å². The number of amides is 1. The van der Waals surface area contributed by atoms with E-state index in [-0.39, 0.29) is 18.1 Å². The molecule has 1 aromatic carbocycles. The Kier molecular flexibility index (Phi) is 4.48. The van der Waals surface area contributed by atoms with Crippen LogP contribution >= 0.6 is 11.6 Å². The lowest BCUT2D eigenvalue weighted by Crippen LogP contribution is -2.24. The summed E-state index contributed by atoms with van der Waals surface area (Å²) < 4.78 is 1.68. The van der Waals surface area contributed by atoms with Gasteiger partial charge in [-0.25, -0.2) is 4.98 Å². The molecule has 2 aliphatic rings. The second-order valence-electron chi connectivity index (χ2n) is 7.43. The molecule has 2 fully saturated rings. The molecule has 1 saturated heterocycles. The number of carbonyl (C=O) groups excluding carboxylic acids is 1. The second kappa shape index (κ2) is 7.19. The largest absolute Gasteiger partial charge is 0.506 e. The van der Waals surface area contributed by atoms with Crippen LogP contribution in [-0.2, 0) is 4.79 Å². The highest BCUT2D eigenvalue weighted by Gasteiger charge is 2.26. The Morgan fingerprint density at radius 1 is 1.30 bits per heavy atom. The van der Waals surface area contributed by atoms with Crippen molar-refractivity contribution in [3.05, 3.63) is 46.6 Å². The van der Waals surface area contributed by atoms with Crippen molar-refractivity contribution in [1.82, 2.24) is 19.9 Å². The summed E-state index contributed by atoms with van der Waals surface area (Å²) in [6.07, 6.45) is 4.82. The van der Waals surface area contributed by atoms with Crippen LogP contribution in [0.1, 0.15) is 24.8 Å². The number of phenolic OH excluding ortho intramolecular Hbond substituents is 1. The third-order valence-corrected chi connectivity index (χ3v) is 5.22. The van der Waals surface area contributed by atoms with Crippen LogP contribution < -0.4 is 16.0 Å². The number of rotatable bonds is 5. The van der Waals surface area contributed by atoms with Crippen molar-refractivity contribution in [2.75, 3.05) is 10.6 Å². The fourth-order valence-electron chi connectivity index (χ4n) is 3.34. The first-order valence-electron chi connectivity index (χ1n) is 9.56. The minimum Gasteiger partial charge on any atom is -0.506 e. The SMILES string of the molecule is O=C1NC(O)C/C1=C\c1cnn2c(NC3CC3)cc(Nc3cc(Cl)ccc3O)nc12. The molecule has 154 valence electrons. The maximum Gasteiger partial charge on any atom is 0.249 e. The van der Waals surface area contributed by atoms with E-state index in [9.17, 15) is 15.0 Å². The minimum absolute atomic E-state index is 0.0465. The number of hydrogen-bond donors (Lipinski definition) is 5. The molecule has 0 spiro atoms. The lowest BCUT2D eigenvalue weighted by atomic mass is 10.1. The number of fused-ring (bicyclic) bond motifs is 1. The molecule has 3 aromatic rings. The first-order chi connectivity index (χ1) is 14.5. The van der Waals surface area contributed by atoms with Crippen molar-refractivity contribution < 1.29 is 15.0 Å². The van der Waals surface area contributed by atoms with Gasteiger partial charge in [-0.3, -0.25) is 4.79 Å². The van der Waals surface area contributed by atoms with Gasteiger partial charge in [0.25, 0.3) is 0 Å². The number of phenols is 1. The molecule has 10 heteroatoms. The summed E-state index contributed by atoms with van der Waals surface area (Å²) in [5, 5.41) is 33.7. The molecule has 0 radical (unpaired) electrons. The van der Waals surface area contributed by atoms with E-state index in [1.54, 1.807) is 28.9 Å². The molecule has 2 aromatic heterocycles. The van der Waals surface area contributed by atoms with Gasteiger partial charge in [0.2, 0.25) is 5.91 Å². The van der Waals surface area contributed by atoms with E-state index in [1.165, 1.54) is 6.07 Å². The summed E-state index contributed by atoms with van der Waals surface area (Å²) in [5.74, 6) is 0.966. The number of anilines is 3. The Bertz CT molecular complexity index is 1190. The molecule has 1 aliphatic carbocycles. The first-order valence-corrected chi connectivity index (χ1v) is 9.94. The zero-order valence-corrected chi connectivity index (χ0v) is 16.5. The standard InChI is InChI=1S/C20H19ClN6O3/c21-12-1-4-15(28)14(7-12)24-16-8-17(23-13-2-3-13)27-19(25-16)11(9-22-27)5-10-6-18(29)26-20(10)30/h1,4-5,7-9,13,18,23,28-29H,2-3,6H2,(H,24,25)(H,26,30)/b10-5+. The average Bonchev–Trinajstić information content (AvgIpc) is 3.34. The molecule has 3 heterocycles. The van der Waals surface area contributed by atoms with Crippen molar-refractivity contribution in [1.29, 1.82) is 0 Å². The number of nitrogens with one attached hydrogen (secondary N) is 3. The Balaban J connectivity index is 1.58. The Morgan fingerprint density at radius 2 is 2.13 bits per heavy atom. The second-order valence-corrected chi connectivity index (χ2v) is 7.87. The number of nitrogens with zero attached hydrogens (tertiary/aromatic N) is 3. The molecule has 30 heavy (non-hydrogen) atoms. The van der Waals surface area contributed by atoms with Crippen LogP contribution in [0.2, 0.25) is 5.02 Å². The monoisotopic (exact) mass is 426 g/mol. The van der Waals surface area contributed by atoms with Gasteiger partial charge in [-0.2, -0.15) is 9.61 Å². The summed E-state index contributed by atoms with van der Waals surface area (Å²) in [5.41, 5.74) is 2.06. The number of halogens is 1. The number of aliphatic hydroxyl groups excluding tert-OH is 1. The summed E-state index contributed by atoms with van der Waals surface area (Å²) in [4.78, 5) is 16.6. The van der Waals surface area contributed by atoms with Crippen molar-refractivity contribution in [2.45, 2.75) is 31.5 Å². The quantitative estimate of drug-likeness (QED) is 0.314. The van der Waals surface area contributed by atoms with Gasteiger partial charge in [0.1, 0.15) is 23.6 Å². The van der Waals surface area contributed by atoms with Crippen molar-refractivity contribution in [2.24, 2.45) is 0 Å². The van der Waals surface area contributed by atoms with Gasteiger partial charge < -0.3 is 26.2 Å². The van der Waals surface area contributed by atoms with Crippen LogP contribution in [0.25, 0.3) is 11.7 Å². The number of aromatic nitrogens is 3. The normalized spacial score (nSPS) is 20.0. The van der Waals surface area contributed by atoms with Crippen molar-refractivity contribution >= 4 is 46.6 Å². The van der Waals surface area contributed by atoms with Gasteiger partial charge in [-0.05, 0) is 37.1 Å². The van der Waals surface area contributed by atoms with E-state index in [0.717, 1.165) is 18.7 Å². The molecule has 5 N–H and O–H groups in total. The van der Waals surface area contributed by atoms with Crippen LogP contribution in [-0.4, -0.2) is 43.0 Å². The smallest absolute Gasteiger partial charge is 0.249 e.